The quantitative estimate of drug-likeness (QED) is 0.810. The van der Waals surface area contributed by atoms with Crippen LogP contribution in [0.15, 0.2) is 47.4 Å². The van der Waals surface area contributed by atoms with Crippen LogP contribution in [0, 0.1) is 12.7 Å². The summed E-state index contributed by atoms with van der Waals surface area (Å²) in [4.78, 5) is 2.52. The zero-order valence-electron chi connectivity index (χ0n) is 15.7. The highest BCUT2D eigenvalue weighted by atomic mass is 32.2. The number of halogens is 1. The van der Waals surface area contributed by atoms with E-state index in [4.69, 9.17) is 0 Å². The van der Waals surface area contributed by atoms with Crippen molar-refractivity contribution in [2.45, 2.75) is 43.9 Å². The van der Waals surface area contributed by atoms with Crippen LogP contribution in [0.1, 0.15) is 36.8 Å². The lowest BCUT2D eigenvalue weighted by atomic mass is 10.1. The Bertz CT molecular complexity index is 858. The van der Waals surface area contributed by atoms with Gasteiger partial charge in [-0.3, -0.25) is 0 Å². The fraction of sp³-hybridized carbons (Fsp3) is 0.429. The zero-order valence-corrected chi connectivity index (χ0v) is 16.6. The Morgan fingerprint density at radius 3 is 2.30 bits per heavy atom. The third-order valence-corrected chi connectivity index (χ3v) is 6.51. The fourth-order valence-corrected chi connectivity index (χ4v) is 4.52. The molecule has 3 rings (SSSR count). The monoisotopic (exact) mass is 390 g/mol. The molecule has 0 saturated carbocycles. The summed E-state index contributed by atoms with van der Waals surface area (Å²) in [7, 11) is -3.62. The van der Waals surface area contributed by atoms with E-state index in [0.717, 1.165) is 18.7 Å². The van der Waals surface area contributed by atoms with Crippen LogP contribution >= 0.6 is 0 Å². The van der Waals surface area contributed by atoms with Gasteiger partial charge in [0.25, 0.3) is 0 Å². The second-order valence-electron chi connectivity index (χ2n) is 7.13. The van der Waals surface area contributed by atoms with Gasteiger partial charge in [-0.05, 0) is 67.6 Å². The molecule has 1 saturated heterocycles. The molecule has 1 heterocycles. The lowest BCUT2D eigenvalue weighted by Gasteiger charge is -2.22. The van der Waals surface area contributed by atoms with Crippen molar-refractivity contribution in [1.82, 2.24) is 4.72 Å². The maximum absolute atomic E-state index is 13.3. The molecule has 0 spiro atoms. The van der Waals surface area contributed by atoms with Crippen LogP contribution < -0.4 is 9.62 Å². The third kappa shape index (κ3) is 5.30. The van der Waals surface area contributed by atoms with Crippen molar-refractivity contribution < 1.29 is 12.8 Å². The molecule has 2 aromatic rings. The Hall–Kier alpha value is -1.92. The van der Waals surface area contributed by atoms with Crippen molar-refractivity contribution in [2.75, 3.05) is 24.5 Å². The summed E-state index contributed by atoms with van der Waals surface area (Å²) < 4.78 is 40.6. The van der Waals surface area contributed by atoms with Crippen molar-refractivity contribution in [3.05, 3.63) is 59.4 Å². The first-order valence-electron chi connectivity index (χ1n) is 9.55. The van der Waals surface area contributed by atoms with E-state index in [9.17, 15) is 12.8 Å². The van der Waals surface area contributed by atoms with Crippen molar-refractivity contribution in [3.63, 3.8) is 0 Å². The number of nitrogens with one attached hydrogen (secondary N) is 1. The highest BCUT2D eigenvalue weighted by Crippen LogP contribution is 2.20. The Kier molecular flexibility index (Phi) is 6.50. The average molecular weight is 391 g/mol. The number of rotatable bonds is 6. The second-order valence-corrected chi connectivity index (χ2v) is 8.89. The molecule has 27 heavy (non-hydrogen) atoms. The molecule has 1 N–H and O–H groups in total. The topological polar surface area (TPSA) is 49.4 Å². The smallest absolute Gasteiger partial charge is 0.240 e. The van der Waals surface area contributed by atoms with Crippen molar-refractivity contribution in [2.24, 2.45) is 0 Å². The van der Waals surface area contributed by atoms with Gasteiger partial charge in [0.15, 0.2) is 0 Å². The Balaban J connectivity index is 1.56. The van der Waals surface area contributed by atoms with E-state index < -0.39 is 15.8 Å². The summed E-state index contributed by atoms with van der Waals surface area (Å²) in [6, 6.07) is 12.2. The van der Waals surface area contributed by atoms with Crippen LogP contribution in [0.4, 0.5) is 10.1 Å². The normalized spacial score (nSPS) is 15.6. The molecule has 1 aliphatic heterocycles. The van der Waals surface area contributed by atoms with E-state index in [2.05, 4.69) is 33.9 Å². The third-order valence-electron chi connectivity index (χ3n) is 5.05. The molecule has 2 aromatic carbocycles. The van der Waals surface area contributed by atoms with E-state index in [-0.39, 0.29) is 4.90 Å². The molecule has 0 atom stereocenters. The van der Waals surface area contributed by atoms with Gasteiger partial charge in [0.1, 0.15) is 5.82 Å². The van der Waals surface area contributed by atoms with Gasteiger partial charge in [0.05, 0.1) is 4.90 Å². The minimum Gasteiger partial charge on any atom is -0.372 e. The molecule has 1 fully saturated rings. The lowest BCUT2D eigenvalue weighted by Crippen LogP contribution is -2.26. The van der Waals surface area contributed by atoms with Gasteiger partial charge in [0.2, 0.25) is 10.0 Å². The minimum absolute atomic E-state index is 0.0953. The van der Waals surface area contributed by atoms with E-state index >= 15 is 0 Å². The highest BCUT2D eigenvalue weighted by Gasteiger charge is 2.15. The Morgan fingerprint density at radius 2 is 1.67 bits per heavy atom. The molecule has 0 aromatic heterocycles. The van der Waals surface area contributed by atoms with Gasteiger partial charge in [-0.25, -0.2) is 17.5 Å². The number of aryl methyl sites for hydroxylation is 1. The molecule has 146 valence electrons. The average Bonchev–Trinajstić information content (AvgIpc) is 2.94. The van der Waals surface area contributed by atoms with Gasteiger partial charge < -0.3 is 4.90 Å². The predicted octanol–water partition coefficient (Wildman–Crippen LogP) is 4.04. The zero-order chi connectivity index (χ0) is 19.3. The number of nitrogens with zero attached hydrogens (tertiary/aromatic N) is 1. The fourth-order valence-electron chi connectivity index (χ4n) is 3.40. The van der Waals surface area contributed by atoms with Gasteiger partial charge in [-0.15, -0.1) is 0 Å². The molecule has 0 radical (unpaired) electrons. The Morgan fingerprint density at radius 1 is 1.00 bits per heavy atom. The van der Waals surface area contributed by atoms with E-state index in [0.29, 0.717) is 18.5 Å². The molecule has 6 heteroatoms. The molecule has 0 amide bonds. The molecule has 0 unspecified atom stereocenters. The minimum atomic E-state index is -3.62. The molecule has 0 bridgehead atoms. The number of hydrogen-bond acceptors (Lipinski definition) is 3. The van der Waals surface area contributed by atoms with Gasteiger partial charge in [0, 0.05) is 25.3 Å². The molecular weight excluding hydrogens is 363 g/mol. The van der Waals surface area contributed by atoms with Crippen LogP contribution in [0.2, 0.25) is 0 Å². The Labute approximate surface area is 161 Å². The summed E-state index contributed by atoms with van der Waals surface area (Å²) in [6.45, 7) is 4.08. The predicted molar refractivity (Wildman–Crippen MR) is 107 cm³/mol. The summed E-state index contributed by atoms with van der Waals surface area (Å²) in [6.07, 6.45) is 5.71. The van der Waals surface area contributed by atoms with Crippen molar-refractivity contribution in [1.29, 1.82) is 0 Å². The van der Waals surface area contributed by atoms with Gasteiger partial charge >= 0.3 is 0 Å². The second kappa shape index (κ2) is 8.85. The summed E-state index contributed by atoms with van der Waals surface area (Å²) >= 11 is 0. The maximum Gasteiger partial charge on any atom is 0.240 e. The van der Waals surface area contributed by atoms with Crippen molar-refractivity contribution in [3.8, 4) is 0 Å². The highest BCUT2D eigenvalue weighted by molar-refractivity contribution is 7.89. The van der Waals surface area contributed by atoms with Gasteiger partial charge in [-0.2, -0.15) is 0 Å². The number of hydrogen-bond donors (Lipinski definition) is 1. The first-order chi connectivity index (χ1) is 13.0. The molecule has 0 aliphatic carbocycles. The van der Waals surface area contributed by atoms with Crippen molar-refractivity contribution >= 4 is 15.7 Å². The van der Waals surface area contributed by atoms with Gasteiger partial charge in [-0.1, -0.05) is 25.0 Å². The standard InChI is InChI=1S/C21H27FN2O2S/c1-17-16-20(10-11-21(17)22)27(25,26)23-13-12-18-6-8-19(9-7-18)24-14-4-2-3-5-15-24/h6-11,16,23H,2-5,12-15H2,1H3. The molecule has 1 aliphatic rings. The first kappa shape index (κ1) is 19.8. The number of anilines is 1. The van der Waals surface area contributed by atoms with E-state index in [1.165, 1.54) is 49.6 Å². The van der Waals surface area contributed by atoms with Crippen LogP contribution in [0.5, 0.6) is 0 Å². The lowest BCUT2D eigenvalue weighted by molar-refractivity contribution is 0.580. The molecular formula is C21H27FN2O2S. The maximum atomic E-state index is 13.3. The van der Waals surface area contributed by atoms with E-state index in [1.54, 1.807) is 6.92 Å². The SMILES string of the molecule is Cc1cc(S(=O)(=O)NCCc2ccc(N3CCCCCC3)cc2)ccc1F. The number of benzene rings is 2. The molecule has 4 nitrogen and oxygen atoms in total. The number of sulfonamides is 1. The van der Waals surface area contributed by atoms with Crippen LogP contribution in [-0.4, -0.2) is 28.1 Å². The summed E-state index contributed by atoms with van der Waals surface area (Å²) in [5.74, 6) is -0.404. The van der Waals surface area contributed by atoms with Crippen LogP contribution in [0.25, 0.3) is 0 Å². The summed E-state index contributed by atoms with van der Waals surface area (Å²) in [5, 5.41) is 0. The first-order valence-corrected chi connectivity index (χ1v) is 11.0. The largest absolute Gasteiger partial charge is 0.372 e. The van der Waals surface area contributed by atoms with Crippen LogP contribution in [-0.2, 0) is 16.4 Å². The summed E-state index contributed by atoms with van der Waals surface area (Å²) in [5.41, 5.74) is 2.65. The van der Waals surface area contributed by atoms with E-state index in [1.807, 2.05) is 0 Å². The van der Waals surface area contributed by atoms with Crippen LogP contribution in [0.3, 0.4) is 0 Å².